The third kappa shape index (κ3) is 3.40. The Morgan fingerprint density at radius 1 is 1.50 bits per heavy atom. The molecule has 20 heavy (non-hydrogen) atoms. The van der Waals surface area contributed by atoms with Gasteiger partial charge in [0.15, 0.2) is 0 Å². The molecule has 5 heteroatoms. The molecule has 1 aromatic heterocycles. The molecule has 1 fully saturated rings. The Kier molecular flexibility index (Phi) is 4.81. The summed E-state index contributed by atoms with van der Waals surface area (Å²) in [4.78, 5) is 15.9. The number of hydrogen-bond acceptors (Lipinski definition) is 4. The van der Waals surface area contributed by atoms with E-state index in [9.17, 15) is 4.79 Å². The van der Waals surface area contributed by atoms with Gasteiger partial charge in [-0.15, -0.1) is 11.3 Å². The summed E-state index contributed by atoms with van der Waals surface area (Å²) in [5.74, 6) is 5.54. The fourth-order valence-electron chi connectivity index (χ4n) is 2.33. The first-order valence-corrected chi connectivity index (χ1v) is 7.47. The van der Waals surface area contributed by atoms with Gasteiger partial charge in [-0.2, -0.15) is 0 Å². The van der Waals surface area contributed by atoms with Crippen LogP contribution < -0.4 is 0 Å². The fraction of sp³-hybridized carbons (Fsp3) is 0.533. The molecule has 0 aromatic carbocycles. The van der Waals surface area contributed by atoms with E-state index in [2.05, 4.69) is 11.8 Å². The zero-order chi connectivity index (χ0) is 14.7. The zero-order valence-corrected chi connectivity index (χ0v) is 12.8. The highest BCUT2D eigenvalue weighted by atomic mass is 32.1. The van der Waals surface area contributed by atoms with Gasteiger partial charge < -0.3 is 14.7 Å². The molecule has 0 aliphatic carbocycles. The molecule has 0 spiro atoms. The minimum absolute atomic E-state index is 0.0390. The monoisotopic (exact) mass is 293 g/mol. The van der Waals surface area contributed by atoms with E-state index >= 15 is 0 Å². The highest BCUT2D eigenvalue weighted by Crippen LogP contribution is 2.24. The number of hydrogen-bond donors (Lipinski definition) is 1. The van der Waals surface area contributed by atoms with Crippen molar-refractivity contribution in [2.24, 2.45) is 0 Å². The van der Waals surface area contributed by atoms with Crippen molar-refractivity contribution in [1.82, 2.24) is 4.90 Å². The summed E-state index contributed by atoms with van der Waals surface area (Å²) >= 11 is 1.39. The lowest BCUT2D eigenvalue weighted by Gasteiger charge is -2.35. The van der Waals surface area contributed by atoms with Crippen molar-refractivity contribution < 1.29 is 14.6 Å². The Balaban J connectivity index is 2.17. The topological polar surface area (TPSA) is 49.8 Å². The number of nitrogens with zero attached hydrogens (tertiary/aromatic N) is 1. The molecule has 2 unspecified atom stereocenters. The molecule has 0 radical (unpaired) electrons. The summed E-state index contributed by atoms with van der Waals surface area (Å²) in [5.41, 5.74) is 0.980. The van der Waals surface area contributed by atoms with E-state index in [1.807, 2.05) is 31.7 Å². The van der Waals surface area contributed by atoms with Crippen LogP contribution in [0.1, 0.15) is 34.0 Å². The second-order valence-electron chi connectivity index (χ2n) is 5.05. The number of carbonyl (C=O) groups is 1. The predicted octanol–water partition coefficient (Wildman–Crippen LogP) is 1.65. The van der Waals surface area contributed by atoms with Crippen molar-refractivity contribution >= 4 is 17.2 Å². The van der Waals surface area contributed by atoms with Crippen molar-refractivity contribution in [2.75, 3.05) is 19.7 Å². The molecule has 1 N–H and O–H groups in total. The zero-order valence-electron chi connectivity index (χ0n) is 12.0. The van der Waals surface area contributed by atoms with Crippen molar-refractivity contribution in [3.05, 3.63) is 21.4 Å². The lowest BCUT2D eigenvalue weighted by Crippen LogP contribution is -2.48. The Morgan fingerprint density at radius 2 is 2.15 bits per heavy atom. The SMILES string of the molecule is Cc1cc(C(=O)N2CC(C)OC(C)C2)sc1C#CCO. The van der Waals surface area contributed by atoms with Gasteiger partial charge in [0.05, 0.1) is 22.0 Å². The van der Waals surface area contributed by atoms with Gasteiger partial charge >= 0.3 is 0 Å². The predicted molar refractivity (Wildman–Crippen MR) is 78.9 cm³/mol. The first-order valence-electron chi connectivity index (χ1n) is 6.66. The summed E-state index contributed by atoms with van der Waals surface area (Å²) in [5, 5.41) is 8.74. The second-order valence-corrected chi connectivity index (χ2v) is 6.10. The minimum atomic E-state index is -0.168. The molecule has 1 amide bonds. The Hall–Kier alpha value is -1.35. The molecule has 4 nitrogen and oxygen atoms in total. The quantitative estimate of drug-likeness (QED) is 0.801. The molecule has 2 rings (SSSR count). The van der Waals surface area contributed by atoms with Crippen molar-refractivity contribution in [3.63, 3.8) is 0 Å². The van der Waals surface area contributed by atoms with Crippen LogP contribution in [-0.2, 0) is 4.74 Å². The van der Waals surface area contributed by atoms with E-state index in [4.69, 9.17) is 9.84 Å². The van der Waals surface area contributed by atoms with Crippen molar-refractivity contribution in [3.8, 4) is 11.8 Å². The van der Waals surface area contributed by atoms with Crippen LogP contribution in [-0.4, -0.2) is 47.8 Å². The van der Waals surface area contributed by atoms with Crippen LogP contribution in [0, 0.1) is 18.8 Å². The van der Waals surface area contributed by atoms with Crippen molar-refractivity contribution in [2.45, 2.75) is 33.0 Å². The molecular formula is C15H19NO3S. The third-order valence-corrected chi connectivity index (χ3v) is 4.26. The molecule has 2 atom stereocenters. The number of ether oxygens (including phenoxy) is 1. The molecule has 0 saturated carbocycles. The number of thiophene rings is 1. The van der Waals surface area contributed by atoms with E-state index in [1.165, 1.54) is 11.3 Å². The van der Waals surface area contributed by atoms with Crippen LogP contribution in [0.3, 0.4) is 0 Å². The van der Waals surface area contributed by atoms with E-state index in [1.54, 1.807) is 0 Å². The number of amides is 1. The summed E-state index contributed by atoms with van der Waals surface area (Å²) in [6, 6.07) is 1.87. The van der Waals surface area contributed by atoms with Gasteiger partial charge in [-0.25, -0.2) is 0 Å². The van der Waals surface area contributed by atoms with Gasteiger partial charge in [0.2, 0.25) is 0 Å². The highest BCUT2D eigenvalue weighted by molar-refractivity contribution is 7.14. The maximum atomic E-state index is 12.5. The van der Waals surface area contributed by atoms with E-state index < -0.39 is 0 Å². The number of aryl methyl sites for hydroxylation is 1. The molecule has 108 valence electrons. The first-order chi connectivity index (χ1) is 9.51. The molecule has 1 aliphatic heterocycles. The van der Waals surface area contributed by atoms with Gasteiger partial charge in [-0.1, -0.05) is 11.8 Å². The molecule has 1 aromatic rings. The first kappa shape index (κ1) is 15.0. The van der Waals surface area contributed by atoms with Crippen LogP contribution in [0.2, 0.25) is 0 Å². The Labute approximate surface area is 123 Å². The summed E-state index contributed by atoms with van der Waals surface area (Å²) in [7, 11) is 0. The normalized spacial score (nSPS) is 22.3. The minimum Gasteiger partial charge on any atom is -0.384 e. The van der Waals surface area contributed by atoms with Gasteiger partial charge in [0.25, 0.3) is 5.91 Å². The van der Waals surface area contributed by atoms with Gasteiger partial charge in [0, 0.05) is 13.1 Å². The number of carbonyl (C=O) groups excluding carboxylic acids is 1. The lowest BCUT2D eigenvalue weighted by atomic mass is 10.2. The van der Waals surface area contributed by atoms with Crippen LogP contribution >= 0.6 is 11.3 Å². The number of aliphatic hydroxyl groups is 1. The van der Waals surface area contributed by atoms with Crippen LogP contribution in [0.25, 0.3) is 0 Å². The molecule has 1 saturated heterocycles. The second kappa shape index (κ2) is 6.40. The van der Waals surface area contributed by atoms with Crippen molar-refractivity contribution in [1.29, 1.82) is 0 Å². The number of morpholine rings is 1. The van der Waals surface area contributed by atoms with Crippen LogP contribution in [0.4, 0.5) is 0 Å². The van der Waals surface area contributed by atoms with E-state index in [0.717, 1.165) is 10.4 Å². The van der Waals surface area contributed by atoms with Gasteiger partial charge in [-0.05, 0) is 32.4 Å². The summed E-state index contributed by atoms with van der Waals surface area (Å²) < 4.78 is 5.64. The summed E-state index contributed by atoms with van der Waals surface area (Å²) in [6.45, 7) is 6.97. The number of rotatable bonds is 1. The van der Waals surface area contributed by atoms with Crippen LogP contribution in [0.15, 0.2) is 6.07 Å². The highest BCUT2D eigenvalue weighted by Gasteiger charge is 2.27. The average Bonchev–Trinajstić information content (AvgIpc) is 2.75. The molecule has 1 aliphatic rings. The Morgan fingerprint density at radius 3 is 2.75 bits per heavy atom. The standard InChI is InChI=1S/C15H19NO3S/c1-10-7-14(20-13(10)5-4-6-17)15(18)16-8-11(2)19-12(3)9-16/h7,11-12,17H,6,8-9H2,1-3H3. The van der Waals surface area contributed by atoms with E-state index in [-0.39, 0.29) is 24.7 Å². The number of aliphatic hydroxyl groups excluding tert-OH is 1. The smallest absolute Gasteiger partial charge is 0.264 e. The van der Waals surface area contributed by atoms with Gasteiger partial charge in [-0.3, -0.25) is 4.79 Å². The molecular weight excluding hydrogens is 274 g/mol. The van der Waals surface area contributed by atoms with Gasteiger partial charge in [0.1, 0.15) is 6.61 Å². The summed E-state index contributed by atoms with van der Waals surface area (Å²) in [6.07, 6.45) is 0.134. The van der Waals surface area contributed by atoms with Crippen LogP contribution in [0.5, 0.6) is 0 Å². The van der Waals surface area contributed by atoms with E-state index in [0.29, 0.717) is 18.0 Å². The Bertz CT molecular complexity index is 545. The largest absolute Gasteiger partial charge is 0.384 e. The fourth-order valence-corrected chi connectivity index (χ4v) is 3.35. The third-order valence-electron chi connectivity index (χ3n) is 3.12. The average molecular weight is 293 g/mol. The molecule has 2 heterocycles. The molecule has 0 bridgehead atoms. The maximum absolute atomic E-state index is 12.5. The maximum Gasteiger partial charge on any atom is 0.264 e. The lowest BCUT2D eigenvalue weighted by molar-refractivity contribution is -0.0585.